The topological polar surface area (TPSA) is 53.7 Å². The minimum atomic E-state index is 0.565. The monoisotopic (exact) mass is 309 g/mol. The fraction of sp³-hybridized carbons (Fsp3) is 0.667. The van der Waals surface area contributed by atoms with Crippen LogP contribution in [0.15, 0.2) is 12.1 Å². The molecule has 0 radical (unpaired) electrons. The summed E-state index contributed by atoms with van der Waals surface area (Å²) in [5.41, 5.74) is 6.73. The van der Waals surface area contributed by atoms with Gasteiger partial charge < -0.3 is 19.9 Å². The summed E-state index contributed by atoms with van der Waals surface area (Å²) < 4.78 is 17.4. The molecule has 4 heteroatoms. The fourth-order valence-electron chi connectivity index (χ4n) is 1.89. The van der Waals surface area contributed by atoms with Crippen LogP contribution in [0.5, 0.6) is 17.2 Å². The smallest absolute Gasteiger partial charge is 0.149 e. The van der Waals surface area contributed by atoms with E-state index in [1.165, 1.54) is 0 Å². The number of hydrogen-bond donors (Lipinski definition) is 1. The van der Waals surface area contributed by atoms with E-state index in [9.17, 15) is 0 Å². The van der Waals surface area contributed by atoms with E-state index in [1.54, 1.807) is 0 Å². The minimum absolute atomic E-state index is 0.565. The number of rotatable bonds is 12. The molecule has 0 atom stereocenters. The largest absolute Gasteiger partial charge is 0.493 e. The van der Waals surface area contributed by atoms with Crippen molar-refractivity contribution in [3.05, 3.63) is 12.1 Å². The summed E-state index contributed by atoms with van der Waals surface area (Å²) in [7, 11) is 0. The number of hydrogen-bond acceptors (Lipinski definition) is 4. The molecule has 2 N–H and O–H groups in total. The highest BCUT2D eigenvalue weighted by atomic mass is 16.5. The number of unbranched alkanes of at least 4 members (excludes halogenated alkanes) is 3. The molecule has 1 rings (SSSR count). The Morgan fingerprint density at radius 3 is 1.55 bits per heavy atom. The summed E-state index contributed by atoms with van der Waals surface area (Å²) in [5, 5.41) is 0. The van der Waals surface area contributed by atoms with Crippen LogP contribution < -0.4 is 19.9 Å². The molecule has 0 unspecified atom stereocenters. The molecule has 0 fully saturated rings. The quantitative estimate of drug-likeness (QED) is 0.445. The summed E-state index contributed by atoms with van der Waals surface area (Å²) in [4.78, 5) is 0. The van der Waals surface area contributed by atoms with Gasteiger partial charge in [-0.15, -0.1) is 0 Å². The first-order valence-corrected chi connectivity index (χ1v) is 8.54. The first-order chi connectivity index (χ1) is 10.7. The van der Waals surface area contributed by atoms with Gasteiger partial charge in [0, 0.05) is 12.1 Å². The van der Waals surface area contributed by atoms with Gasteiger partial charge in [-0.25, -0.2) is 0 Å². The predicted octanol–water partition coefficient (Wildman–Crippen LogP) is 4.81. The van der Waals surface area contributed by atoms with Crippen LogP contribution in [-0.2, 0) is 0 Å². The van der Waals surface area contributed by atoms with Gasteiger partial charge in [0.2, 0.25) is 0 Å². The van der Waals surface area contributed by atoms with Crippen molar-refractivity contribution < 1.29 is 14.2 Å². The van der Waals surface area contributed by atoms with E-state index < -0.39 is 0 Å². The van der Waals surface area contributed by atoms with Crippen molar-refractivity contribution in [3.63, 3.8) is 0 Å². The zero-order chi connectivity index (χ0) is 16.2. The molecule has 1 aromatic rings. The molecule has 0 aliphatic carbocycles. The van der Waals surface area contributed by atoms with Crippen LogP contribution >= 0.6 is 0 Å². The predicted molar refractivity (Wildman–Crippen MR) is 92.1 cm³/mol. The third kappa shape index (κ3) is 6.46. The Bertz CT molecular complexity index is 390. The van der Waals surface area contributed by atoms with E-state index in [0.717, 1.165) is 44.3 Å². The number of anilines is 1. The zero-order valence-corrected chi connectivity index (χ0v) is 14.3. The van der Waals surface area contributed by atoms with Crippen molar-refractivity contribution >= 4 is 5.69 Å². The van der Waals surface area contributed by atoms with Crippen molar-refractivity contribution in [1.29, 1.82) is 0 Å². The minimum Gasteiger partial charge on any atom is -0.493 e. The lowest BCUT2D eigenvalue weighted by Gasteiger charge is -2.16. The summed E-state index contributed by atoms with van der Waals surface area (Å²) in [5.74, 6) is 2.09. The van der Waals surface area contributed by atoms with Gasteiger partial charge in [0.1, 0.15) is 22.9 Å². The highest BCUT2D eigenvalue weighted by Gasteiger charge is 2.12. The van der Waals surface area contributed by atoms with E-state index in [-0.39, 0.29) is 0 Å². The van der Waals surface area contributed by atoms with Crippen LogP contribution in [0.4, 0.5) is 5.69 Å². The Labute approximate surface area is 134 Å². The highest BCUT2D eigenvalue weighted by molar-refractivity contribution is 5.65. The van der Waals surface area contributed by atoms with E-state index in [0.29, 0.717) is 37.0 Å². The van der Waals surface area contributed by atoms with Gasteiger partial charge in [-0.1, -0.05) is 40.0 Å². The molecule has 0 spiro atoms. The molecule has 1 aromatic carbocycles. The Hall–Kier alpha value is -1.58. The molecule has 126 valence electrons. The van der Waals surface area contributed by atoms with Crippen LogP contribution in [0, 0.1) is 0 Å². The normalized spacial score (nSPS) is 10.5. The Morgan fingerprint density at radius 1 is 0.727 bits per heavy atom. The van der Waals surface area contributed by atoms with Crippen molar-refractivity contribution in [2.24, 2.45) is 0 Å². The van der Waals surface area contributed by atoms with Crippen molar-refractivity contribution in [1.82, 2.24) is 0 Å². The average Bonchev–Trinajstić information content (AvgIpc) is 2.52. The molecule has 22 heavy (non-hydrogen) atoms. The number of ether oxygens (including phenoxy) is 3. The Balaban J connectivity index is 2.81. The van der Waals surface area contributed by atoms with Crippen LogP contribution in [0.25, 0.3) is 0 Å². The highest BCUT2D eigenvalue weighted by Crippen LogP contribution is 2.37. The van der Waals surface area contributed by atoms with E-state index in [4.69, 9.17) is 19.9 Å². The van der Waals surface area contributed by atoms with E-state index >= 15 is 0 Å². The summed E-state index contributed by atoms with van der Waals surface area (Å²) in [6.07, 6.45) is 6.33. The second-order valence-electron chi connectivity index (χ2n) is 5.44. The second kappa shape index (κ2) is 11.0. The standard InChI is InChI=1S/C18H31NO3/c1-4-7-10-20-15-13-16(21-11-8-5-2)18(19)17(14-15)22-12-9-6-3/h13-14H,4-12,19H2,1-3H3. The summed E-state index contributed by atoms with van der Waals surface area (Å²) in [6.45, 7) is 8.43. The van der Waals surface area contributed by atoms with Gasteiger partial charge in [-0.05, 0) is 19.3 Å². The SMILES string of the molecule is CCCCOc1cc(OCCCC)c(N)c(OCCCC)c1. The Morgan fingerprint density at radius 2 is 1.14 bits per heavy atom. The number of nitrogen functional groups attached to an aromatic ring is 1. The third-order valence-corrected chi connectivity index (χ3v) is 3.36. The lowest BCUT2D eigenvalue weighted by molar-refractivity contribution is 0.282. The first-order valence-electron chi connectivity index (χ1n) is 8.54. The molecule has 0 aliphatic rings. The van der Waals surface area contributed by atoms with Crippen LogP contribution in [0.2, 0.25) is 0 Å². The van der Waals surface area contributed by atoms with Gasteiger partial charge in [-0.3, -0.25) is 0 Å². The van der Waals surface area contributed by atoms with E-state index in [2.05, 4.69) is 20.8 Å². The van der Waals surface area contributed by atoms with Crippen molar-refractivity contribution in [2.45, 2.75) is 59.3 Å². The molecule has 0 amide bonds. The average molecular weight is 309 g/mol. The lowest BCUT2D eigenvalue weighted by Crippen LogP contribution is -2.05. The summed E-state index contributed by atoms with van der Waals surface area (Å²) in [6, 6.07) is 3.74. The van der Waals surface area contributed by atoms with Crippen LogP contribution in [-0.4, -0.2) is 19.8 Å². The third-order valence-electron chi connectivity index (χ3n) is 3.36. The number of nitrogens with two attached hydrogens (primary N) is 1. The molecule has 0 saturated carbocycles. The molecule has 0 aromatic heterocycles. The zero-order valence-electron chi connectivity index (χ0n) is 14.3. The maximum absolute atomic E-state index is 6.17. The van der Waals surface area contributed by atoms with Gasteiger partial charge in [-0.2, -0.15) is 0 Å². The molecular weight excluding hydrogens is 278 g/mol. The fourth-order valence-corrected chi connectivity index (χ4v) is 1.89. The maximum Gasteiger partial charge on any atom is 0.149 e. The van der Waals surface area contributed by atoms with Gasteiger partial charge in [0.25, 0.3) is 0 Å². The summed E-state index contributed by atoms with van der Waals surface area (Å²) >= 11 is 0. The van der Waals surface area contributed by atoms with Gasteiger partial charge in [0.05, 0.1) is 19.8 Å². The first kappa shape index (κ1) is 18.5. The second-order valence-corrected chi connectivity index (χ2v) is 5.44. The van der Waals surface area contributed by atoms with Crippen LogP contribution in [0.3, 0.4) is 0 Å². The molecule has 0 heterocycles. The van der Waals surface area contributed by atoms with Gasteiger partial charge in [0.15, 0.2) is 0 Å². The van der Waals surface area contributed by atoms with Gasteiger partial charge >= 0.3 is 0 Å². The Kier molecular flexibility index (Phi) is 9.28. The maximum atomic E-state index is 6.17. The molecule has 4 nitrogen and oxygen atoms in total. The molecule has 0 bridgehead atoms. The van der Waals surface area contributed by atoms with Crippen LogP contribution in [0.1, 0.15) is 59.3 Å². The lowest BCUT2D eigenvalue weighted by atomic mass is 10.2. The molecule has 0 aliphatic heterocycles. The number of benzene rings is 1. The van der Waals surface area contributed by atoms with E-state index in [1.807, 2.05) is 12.1 Å². The molecular formula is C18H31NO3. The molecule has 0 saturated heterocycles. The van der Waals surface area contributed by atoms with Crippen molar-refractivity contribution in [3.8, 4) is 17.2 Å². The van der Waals surface area contributed by atoms with Crippen molar-refractivity contribution in [2.75, 3.05) is 25.6 Å².